The van der Waals surface area contributed by atoms with Gasteiger partial charge >= 0.3 is 5.97 Å². The first-order valence-electron chi connectivity index (χ1n) is 8.52. The van der Waals surface area contributed by atoms with Crippen molar-refractivity contribution >= 4 is 13.3 Å². The number of carbonyl (C=O) groups is 1. The molecule has 0 radical (unpaired) electrons. The van der Waals surface area contributed by atoms with Crippen molar-refractivity contribution in [2.24, 2.45) is 0 Å². The van der Waals surface area contributed by atoms with Crippen LogP contribution in [0.5, 0.6) is 0 Å². The van der Waals surface area contributed by atoms with E-state index in [2.05, 4.69) is 0 Å². The summed E-state index contributed by atoms with van der Waals surface area (Å²) in [7, 11) is -3.04. The highest BCUT2D eigenvalue weighted by molar-refractivity contribution is 7.60. The molecule has 23 heavy (non-hydrogen) atoms. The summed E-state index contributed by atoms with van der Waals surface area (Å²) in [6.07, 6.45) is 5.03. The van der Waals surface area contributed by atoms with E-state index in [0.717, 1.165) is 32.1 Å². The lowest BCUT2D eigenvalue weighted by atomic mass is 9.96. The lowest BCUT2D eigenvalue weighted by molar-refractivity contribution is -0.138. The molecule has 128 valence electrons. The predicted molar refractivity (Wildman–Crippen MR) is 92.4 cm³/mol. The van der Waals surface area contributed by atoms with Crippen LogP contribution < -0.4 is 0 Å². The van der Waals surface area contributed by atoms with Crippen LogP contribution in [0.15, 0.2) is 30.3 Å². The average Bonchev–Trinajstić information content (AvgIpc) is 2.56. The van der Waals surface area contributed by atoms with Crippen LogP contribution in [0.4, 0.5) is 0 Å². The van der Waals surface area contributed by atoms with Gasteiger partial charge in [-0.15, -0.1) is 0 Å². The zero-order valence-electron chi connectivity index (χ0n) is 14.0. The molecule has 0 aliphatic heterocycles. The first-order valence-corrected chi connectivity index (χ1v) is 10.3. The highest BCUT2D eigenvalue weighted by Gasteiger charge is 2.45. The molecule has 1 saturated carbocycles. The standard InChI is InChI=1S/C18H27O4P/c1-3-22-23(21,16-12-8-5-9-13-16)14(2)17(18(19)20)15-10-6-4-7-11-15/h4,6-7,10-11,14,16-17H,3,5,8-9,12-13H2,1-2H3,(H,19,20). The molecule has 1 aliphatic rings. The van der Waals surface area contributed by atoms with Gasteiger partial charge in [0.1, 0.15) is 0 Å². The van der Waals surface area contributed by atoms with Crippen LogP contribution in [0.1, 0.15) is 57.4 Å². The summed E-state index contributed by atoms with van der Waals surface area (Å²) in [5.41, 5.74) is 0.172. The maximum atomic E-state index is 13.7. The van der Waals surface area contributed by atoms with E-state index in [4.69, 9.17) is 4.52 Å². The van der Waals surface area contributed by atoms with Crippen LogP contribution in [0.2, 0.25) is 0 Å². The number of rotatable bonds is 7. The van der Waals surface area contributed by atoms with Crippen LogP contribution in [0, 0.1) is 0 Å². The molecular formula is C18H27O4P. The lowest BCUT2D eigenvalue weighted by Gasteiger charge is -2.36. The number of hydrogen-bond donors (Lipinski definition) is 1. The number of carboxylic acid groups (broad SMARTS) is 1. The van der Waals surface area contributed by atoms with Crippen molar-refractivity contribution in [3.8, 4) is 0 Å². The van der Waals surface area contributed by atoms with Crippen LogP contribution in [0.3, 0.4) is 0 Å². The minimum atomic E-state index is -3.04. The maximum absolute atomic E-state index is 13.7. The quantitative estimate of drug-likeness (QED) is 0.719. The van der Waals surface area contributed by atoms with E-state index in [0.29, 0.717) is 12.2 Å². The van der Waals surface area contributed by atoms with Gasteiger partial charge in [-0.05, 0) is 25.3 Å². The normalized spacial score (nSPS) is 21.3. The number of benzene rings is 1. The Morgan fingerprint density at radius 1 is 1.26 bits per heavy atom. The Morgan fingerprint density at radius 2 is 1.87 bits per heavy atom. The number of carboxylic acids is 1. The molecule has 2 rings (SSSR count). The Kier molecular flexibility index (Phi) is 6.43. The van der Waals surface area contributed by atoms with Gasteiger partial charge in [-0.25, -0.2) is 0 Å². The first-order chi connectivity index (χ1) is 11.0. The third kappa shape index (κ3) is 4.05. The van der Waals surface area contributed by atoms with Gasteiger partial charge in [-0.3, -0.25) is 9.36 Å². The highest BCUT2D eigenvalue weighted by Crippen LogP contribution is 2.63. The summed E-state index contributed by atoms with van der Waals surface area (Å²) in [6.45, 7) is 3.98. The molecule has 3 atom stereocenters. The van der Waals surface area contributed by atoms with Crippen LogP contribution in [-0.4, -0.2) is 29.0 Å². The molecule has 0 spiro atoms. The number of hydrogen-bond acceptors (Lipinski definition) is 3. The zero-order valence-corrected chi connectivity index (χ0v) is 14.9. The molecule has 3 unspecified atom stereocenters. The molecule has 0 bridgehead atoms. The Hall–Kier alpha value is -1.12. The zero-order chi connectivity index (χ0) is 16.9. The maximum Gasteiger partial charge on any atom is 0.311 e. The minimum Gasteiger partial charge on any atom is -0.481 e. The molecule has 1 aromatic carbocycles. The predicted octanol–water partition coefficient (Wildman–Crippen LogP) is 4.89. The smallest absolute Gasteiger partial charge is 0.311 e. The fourth-order valence-electron chi connectivity index (χ4n) is 3.69. The molecular weight excluding hydrogens is 311 g/mol. The molecule has 5 heteroatoms. The second kappa shape index (κ2) is 8.12. The Morgan fingerprint density at radius 3 is 2.39 bits per heavy atom. The molecule has 1 aromatic rings. The topological polar surface area (TPSA) is 63.6 Å². The van der Waals surface area contributed by atoms with E-state index in [9.17, 15) is 14.5 Å². The van der Waals surface area contributed by atoms with Crippen molar-refractivity contribution in [3.05, 3.63) is 35.9 Å². The van der Waals surface area contributed by atoms with Gasteiger partial charge in [0, 0.05) is 5.66 Å². The van der Waals surface area contributed by atoms with Crippen LogP contribution >= 0.6 is 7.37 Å². The average molecular weight is 338 g/mol. The third-order valence-corrected chi connectivity index (χ3v) is 8.52. The van der Waals surface area contributed by atoms with Crippen LogP contribution in [0.25, 0.3) is 0 Å². The summed E-state index contributed by atoms with van der Waals surface area (Å²) in [5, 5.41) is 9.75. The monoisotopic (exact) mass is 338 g/mol. The summed E-state index contributed by atoms with van der Waals surface area (Å²) >= 11 is 0. The summed E-state index contributed by atoms with van der Waals surface area (Å²) in [6, 6.07) is 9.10. The van der Waals surface area contributed by atoms with E-state index in [1.54, 1.807) is 19.1 Å². The minimum absolute atomic E-state index is 0.00300. The fraction of sp³-hybridized carbons (Fsp3) is 0.611. The molecule has 0 aromatic heterocycles. The lowest BCUT2D eigenvalue weighted by Crippen LogP contribution is -2.30. The fourth-order valence-corrected chi connectivity index (χ4v) is 7.01. The highest BCUT2D eigenvalue weighted by atomic mass is 31.2. The van der Waals surface area contributed by atoms with Crippen LogP contribution in [-0.2, 0) is 13.9 Å². The molecule has 0 heterocycles. The van der Waals surface area contributed by atoms with E-state index in [1.165, 1.54) is 0 Å². The van der Waals surface area contributed by atoms with Gasteiger partial charge < -0.3 is 9.63 Å². The van der Waals surface area contributed by atoms with Crippen molar-refractivity contribution in [1.29, 1.82) is 0 Å². The van der Waals surface area contributed by atoms with Gasteiger partial charge in [0.25, 0.3) is 0 Å². The molecule has 0 saturated heterocycles. The van der Waals surface area contributed by atoms with Crippen molar-refractivity contribution < 1.29 is 19.0 Å². The molecule has 1 fully saturated rings. The van der Waals surface area contributed by atoms with E-state index in [-0.39, 0.29) is 5.66 Å². The van der Waals surface area contributed by atoms with Crippen molar-refractivity contribution in [3.63, 3.8) is 0 Å². The molecule has 0 amide bonds. The largest absolute Gasteiger partial charge is 0.481 e. The number of aliphatic carboxylic acids is 1. The Bertz CT molecular complexity index is 551. The van der Waals surface area contributed by atoms with E-state index >= 15 is 0 Å². The summed E-state index contributed by atoms with van der Waals surface area (Å²) in [4.78, 5) is 11.9. The van der Waals surface area contributed by atoms with Crippen molar-refractivity contribution in [2.45, 2.75) is 63.2 Å². The molecule has 4 nitrogen and oxygen atoms in total. The third-order valence-electron chi connectivity index (χ3n) is 4.89. The van der Waals surface area contributed by atoms with Gasteiger partial charge in [0.2, 0.25) is 7.37 Å². The molecule has 1 aliphatic carbocycles. The van der Waals surface area contributed by atoms with E-state index in [1.807, 2.05) is 25.1 Å². The molecule has 1 N–H and O–H groups in total. The van der Waals surface area contributed by atoms with Gasteiger partial charge in [-0.1, -0.05) is 56.5 Å². The van der Waals surface area contributed by atoms with Gasteiger partial charge in [0.05, 0.1) is 18.2 Å². The van der Waals surface area contributed by atoms with Gasteiger partial charge in [0.15, 0.2) is 0 Å². The van der Waals surface area contributed by atoms with Gasteiger partial charge in [-0.2, -0.15) is 0 Å². The SMILES string of the molecule is CCOP(=O)(C1CCCCC1)C(C)C(C(=O)O)c1ccccc1. The first kappa shape index (κ1) is 18.2. The van der Waals surface area contributed by atoms with Crippen molar-refractivity contribution in [2.75, 3.05) is 6.61 Å². The van der Waals surface area contributed by atoms with Crippen molar-refractivity contribution in [1.82, 2.24) is 0 Å². The summed E-state index contributed by atoms with van der Waals surface area (Å²) < 4.78 is 19.5. The Balaban J connectivity index is 2.35. The second-order valence-corrected chi connectivity index (χ2v) is 9.42. The van der Waals surface area contributed by atoms with E-state index < -0.39 is 24.9 Å². The Labute approximate surface area is 138 Å². The summed E-state index contributed by atoms with van der Waals surface area (Å²) in [5.74, 6) is -1.73. The second-order valence-electron chi connectivity index (χ2n) is 6.32.